The van der Waals surface area contributed by atoms with Crippen molar-refractivity contribution >= 4 is 11.8 Å². The summed E-state index contributed by atoms with van der Waals surface area (Å²) in [5.41, 5.74) is 0. The average molecular weight is 208 g/mol. The Balaban J connectivity index is 2.35. The second kappa shape index (κ2) is 5.23. The fourth-order valence-electron chi connectivity index (χ4n) is 0.985. The summed E-state index contributed by atoms with van der Waals surface area (Å²) < 4.78 is 0.978. The Morgan fingerprint density at radius 1 is 1.14 bits per heavy atom. The van der Waals surface area contributed by atoms with Crippen LogP contribution in [-0.4, -0.2) is 32.2 Å². The summed E-state index contributed by atoms with van der Waals surface area (Å²) in [6, 6.07) is 10.4. The number of nitrogens with zero attached hydrogens (tertiary/aromatic N) is 1. The van der Waals surface area contributed by atoms with Crippen LogP contribution in [0.1, 0.15) is 0 Å². The van der Waals surface area contributed by atoms with E-state index in [9.17, 15) is 0 Å². The highest BCUT2D eigenvalue weighted by Gasteiger charge is 2.01. The van der Waals surface area contributed by atoms with E-state index in [0.717, 1.165) is 11.0 Å². The van der Waals surface area contributed by atoms with Crippen LogP contribution in [0.5, 0.6) is 0 Å². The van der Waals surface area contributed by atoms with Crippen LogP contribution < -0.4 is 0 Å². The second-order valence-electron chi connectivity index (χ2n) is 4.28. The molecule has 0 aromatic heterocycles. The molecule has 76 valence electrons. The van der Waals surface area contributed by atoms with Gasteiger partial charge in [0, 0.05) is 4.90 Å². The summed E-state index contributed by atoms with van der Waals surface area (Å²) >= 11 is 1.77. The van der Waals surface area contributed by atoms with Crippen molar-refractivity contribution in [1.29, 1.82) is 0 Å². The van der Waals surface area contributed by atoms with Gasteiger partial charge in [-0.3, -0.25) is 0 Å². The van der Waals surface area contributed by atoms with E-state index >= 15 is 0 Å². The van der Waals surface area contributed by atoms with Crippen LogP contribution in [0.3, 0.4) is 0 Å². The van der Waals surface area contributed by atoms with Crippen LogP contribution in [0.4, 0.5) is 0 Å². The molecule has 0 aliphatic heterocycles. The molecule has 1 aromatic carbocycles. The molecule has 0 spiro atoms. The zero-order valence-electron chi connectivity index (χ0n) is 9.10. The molecule has 1 nitrogen and oxygen atoms in total. The van der Waals surface area contributed by atoms with Crippen LogP contribution in [0.15, 0.2) is 46.7 Å². The predicted octanol–water partition coefficient (Wildman–Crippen LogP) is 3.00. The molecule has 0 fully saturated rings. The number of likely N-dealkylation sites (N-methyl/N-ethyl adjacent to an activating group) is 1. The van der Waals surface area contributed by atoms with Crippen LogP contribution >= 0.6 is 11.8 Å². The zero-order valence-corrected chi connectivity index (χ0v) is 9.92. The number of benzene rings is 1. The van der Waals surface area contributed by atoms with Crippen molar-refractivity contribution < 1.29 is 4.48 Å². The highest BCUT2D eigenvalue weighted by Crippen LogP contribution is 2.17. The molecule has 0 saturated carbocycles. The van der Waals surface area contributed by atoms with Gasteiger partial charge < -0.3 is 4.48 Å². The molecule has 1 rings (SSSR count). The maximum Gasteiger partial charge on any atom is 0.0975 e. The van der Waals surface area contributed by atoms with Crippen LogP contribution in [-0.2, 0) is 0 Å². The molecule has 0 amide bonds. The van der Waals surface area contributed by atoms with Crippen molar-refractivity contribution in [2.75, 3.05) is 27.7 Å². The lowest BCUT2D eigenvalue weighted by Gasteiger charge is -2.21. The Bertz CT molecular complexity index is 285. The van der Waals surface area contributed by atoms with Gasteiger partial charge in [0.2, 0.25) is 0 Å². The largest absolute Gasteiger partial charge is 0.328 e. The molecule has 0 saturated heterocycles. The summed E-state index contributed by atoms with van der Waals surface area (Å²) in [6.45, 7) is 1.07. The van der Waals surface area contributed by atoms with Crippen molar-refractivity contribution in [2.45, 2.75) is 4.90 Å². The van der Waals surface area contributed by atoms with Gasteiger partial charge in [0.15, 0.2) is 0 Å². The minimum atomic E-state index is 0.978. The van der Waals surface area contributed by atoms with Crippen molar-refractivity contribution in [3.63, 3.8) is 0 Å². The molecule has 0 N–H and O–H groups in total. The van der Waals surface area contributed by atoms with Crippen molar-refractivity contribution in [1.82, 2.24) is 0 Å². The van der Waals surface area contributed by atoms with Crippen molar-refractivity contribution in [2.24, 2.45) is 0 Å². The Labute approximate surface area is 91.0 Å². The van der Waals surface area contributed by atoms with E-state index in [2.05, 4.69) is 56.9 Å². The summed E-state index contributed by atoms with van der Waals surface area (Å²) in [6.07, 6.45) is 2.22. The maximum atomic E-state index is 2.22. The molecule has 0 bridgehead atoms. The molecule has 0 atom stereocenters. The fraction of sp³-hybridized carbons (Fsp3) is 0.333. The normalized spacial score (nSPS) is 12.2. The van der Waals surface area contributed by atoms with Crippen molar-refractivity contribution in [3.8, 4) is 0 Å². The molecule has 2 heteroatoms. The van der Waals surface area contributed by atoms with Crippen LogP contribution in [0, 0.1) is 0 Å². The van der Waals surface area contributed by atoms with Gasteiger partial charge in [-0.1, -0.05) is 30.0 Å². The molecule has 0 aliphatic carbocycles. The first-order valence-corrected chi connectivity index (χ1v) is 5.63. The van der Waals surface area contributed by atoms with Crippen LogP contribution in [0.2, 0.25) is 0 Å². The van der Waals surface area contributed by atoms with E-state index < -0.39 is 0 Å². The molecule has 0 heterocycles. The minimum absolute atomic E-state index is 0.978. The molecule has 1 aromatic rings. The lowest BCUT2D eigenvalue weighted by molar-refractivity contribution is -0.864. The lowest BCUT2D eigenvalue weighted by Crippen LogP contribution is -2.34. The third kappa shape index (κ3) is 5.10. The number of quaternary nitrogens is 1. The van der Waals surface area contributed by atoms with Crippen LogP contribution in [0.25, 0.3) is 0 Å². The molecule has 14 heavy (non-hydrogen) atoms. The maximum absolute atomic E-state index is 2.22. The highest BCUT2D eigenvalue weighted by molar-refractivity contribution is 8.02. The molecular weight excluding hydrogens is 190 g/mol. The SMILES string of the molecule is C[N+](C)(C)CC=CSc1ccccc1. The number of rotatable bonds is 4. The third-order valence-corrected chi connectivity index (χ3v) is 2.57. The summed E-state index contributed by atoms with van der Waals surface area (Å²) in [5.74, 6) is 0. The Kier molecular flexibility index (Phi) is 4.23. The number of thioether (sulfide) groups is 1. The smallest absolute Gasteiger partial charge is 0.0975 e. The zero-order chi connectivity index (χ0) is 10.4. The van der Waals surface area contributed by atoms with Crippen molar-refractivity contribution in [3.05, 3.63) is 41.8 Å². The summed E-state index contributed by atoms with van der Waals surface area (Å²) in [5, 5.41) is 2.17. The molecule has 0 radical (unpaired) electrons. The predicted molar refractivity (Wildman–Crippen MR) is 64.3 cm³/mol. The number of hydrogen-bond donors (Lipinski definition) is 0. The minimum Gasteiger partial charge on any atom is -0.328 e. The van der Waals surface area contributed by atoms with E-state index in [4.69, 9.17) is 0 Å². The van der Waals surface area contributed by atoms with Gasteiger partial charge in [-0.25, -0.2) is 0 Å². The lowest BCUT2D eigenvalue weighted by atomic mass is 10.4. The summed E-state index contributed by atoms with van der Waals surface area (Å²) in [7, 11) is 6.58. The summed E-state index contributed by atoms with van der Waals surface area (Å²) in [4.78, 5) is 1.30. The highest BCUT2D eigenvalue weighted by atomic mass is 32.2. The first-order chi connectivity index (χ1) is 6.58. The van der Waals surface area contributed by atoms with E-state index in [0.29, 0.717) is 0 Å². The van der Waals surface area contributed by atoms with Gasteiger partial charge in [0.05, 0.1) is 27.7 Å². The topological polar surface area (TPSA) is 0 Å². The van der Waals surface area contributed by atoms with Gasteiger partial charge in [0.25, 0.3) is 0 Å². The van der Waals surface area contributed by atoms with Gasteiger partial charge in [0.1, 0.15) is 0 Å². The van der Waals surface area contributed by atoms with E-state index in [1.54, 1.807) is 11.8 Å². The van der Waals surface area contributed by atoms with Gasteiger partial charge >= 0.3 is 0 Å². The number of hydrogen-bond acceptors (Lipinski definition) is 1. The molecular formula is C12H18NS+. The van der Waals surface area contributed by atoms with Gasteiger partial charge in [-0.15, -0.1) is 0 Å². The fourth-order valence-corrected chi connectivity index (χ4v) is 1.64. The van der Waals surface area contributed by atoms with E-state index in [1.807, 2.05) is 6.07 Å². The third-order valence-electron chi connectivity index (χ3n) is 1.70. The van der Waals surface area contributed by atoms with Gasteiger partial charge in [-0.05, 0) is 23.6 Å². The molecule has 0 unspecified atom stereocenters. The Hall–Kier alpha value is -0.730. The first-order valence-electron chi connectivity index (χ1n) is 4.75. The molecule has 0 aliphatic rings. The quantitative estimate of drug-likeness (QED) is 0.541. The van der Waals surface area contributed by atoms with Gasteiger partial charge in [-0.2, -0.15) is 0 Å². The average Bonchev–Trinajstić information content (AvgIpc) is 2.13. The second-order valence-corrected chi connectivity index (χ2v) is 5.25. The Morgan fingerprint density at radius 2 is 1.79 bits per heavy atom. The monoisotopic (exact) mass is 208 g/mol. The standard InChI is InChI=1S/C12H18NS/c1-13(2,3)10-7-11-14-12-8-5-4-6-9-12/h4-9,11H,10H2,1-3H3/q+1. The first kappa shape index (κ1) is 11.3. The van der Waals surface area contributed by atoms with E-state index in [1.165, 1.54) is 4.90 Å². The Morgan fingerprint density at radius 3 is 2.36 bits per heavy atom. The van der Waals surface area contributed by atoms with E-state index in [-0.39, 0.29) is 0 Å².